The Morgan fingerprint density at radius 2 is 1.69 bits per heavy atom. The van der Waals surface area contributed by atoms with Gasteiger partial charge in [0, 0.05) is 18.2 Å². The lowest BCUT2D eigenvalue weighted by atomic mass is 10.1. The minimum Gasteiger partial charge on any atom is -0.490 e. The Morgan fingerprint density at radius 1 is 1.00 bits per heavy atom. The normalized spacial score (nSPS) is 14.3. The van der Waals surface area contributed by atoms with Gasteiger partial charge in [-0.05, 0) is 38.5 Å². The topological polar surface area (TPSA) is 85.9 Å². The molecule has 0 bridgehead atoms. The number of hydrogen-bond acceptors (Lipinski definition) is 5. The zero-order valence-corrected chi connectivity index (χ0v) is 16.9. The van der Waals surface area contributed by atoms with Crippen LogP contribution in [0.25, 0.3) is 0 Å². The molecule has 2 N–H and O–H groups in total. The predicted molar refractivity (Wildman–Crippen MR) is 109 cm³/mol. The van der Waals surface area contributed by atoms with Crippen LogP contribution in [0.3, 0.4) is 0 Å². The molecule has 1 atom stereocenters. The average molecular weight is 398 g/mol. The Bertz CT molecular complexity index is 861. The molecule has 0 aliphatic carbocycles. The molecule has 7 heteroatoms. The van der Waals surface area contributed by atoms with Gasteiger partial charge >= 0.3 is 12.0 Å². The molecule has 3 rings (SSSR count). The number of rotatable bonds is 4. The molecule has 0 saturated heterocycles. The van der Waals surface area contributed by atoms with Gasteiger partial charge < -0.3 is 24.8 Å². The third kappa shape index (κ3) is 5.88. The number of hydrogen-bond donors (Lipinski definition) is 2. The zero-order valence-electron chi connectivity index (χ0n) is 16.9. The second-order valence-corrected chi connectivity index (χ2v) is 7.69. The maximum Gasteiger partial charge on any atom is 0.333 e. The molecule has 0 fully saturated rings. The molecule has 1 aliphatic heterocycles. The lowest BCUT2D eigenvalue weighted by Crippen LogP contribution is -2.40. The van der Waals surface area contributed by atoms with E-state index in [2.05, 4.69) is 10.6 Å². The van der Waals surface area contributed by atoms with Crippen LogP contribution < -0.4 is 20.1 Å². The van der Waals surface area contributed by atoms with E-state index in [-0.39, 0.29) is 0 Å². The van der Waals surface area contributed by atoms with E-state index in [1.807, 2.05) is 6.07 Å². The molecule has 0 saturated carbocycles. The summed E-state index contributed by atoms with van der Waals surface area (Å²) in [6.45, 7) is 6.49. The molecule has 7 nitrogen and oxygen atoms in total. The van der Waals surface area contributed by atoms with Crippen LogP contribution in [0.4, 0.5) is 10.5 Å². The van der Waals surface area contributed by atoms with Crippen LogP contribution >= 0.6 is 0 Å². The quantitative estimate of drug-likeness (QED) is 0.759. The fourth-order valence-electron chi connectivity index (χ4n) is 2.82. The molecule has 29 heavy (non-hydrogen) atoms. The van der Waals surface area contributed by atoms with E-state index in [0.29, 0.717) is 36.0 Å². The highest BCUT2D eigenvalue weighted by Gasteiger charge is 2.28. The Kier molecular flexibility index (Phi) is 6.26. The number of urea groups is 1. The monoisotopic (exact) mass is 398 g/mol. The predicted octanol–water partition coefficient (Wildman–Crippen LogP) is 4.05. The lowest BCUT2D eigenvalue weighted by molar-refractivity contribution is -0.157. The summed E-state index contributed by atoms with van der Waals surface area (Å²) >= 11 is 0. The van der Waals surface area contributed by atoms with Gasteiger partial charge in [0.2, 0.25) is 0 Å². The second-order valence-electron chi connectivity index (χ2n) is 7.69. The van der Waals surface area contributed by atoms with Crippen molar-refractivity contribution in [3.63, 3.8) is 0 Å². The van der Waals surface area contributed by atoms with Crippen molar-refractivity contribution < 1.29 is 23.8 Å². The number of carbonyl (C=O) groups is 2. The van der Waals surface area contributed by atoms with Crippen LogP contribution in [0.5, 0.6) is 11.5 Å². The standard InChI is InChI=1S/C22H26N2O5/c1-22(2,3)29-20(25)19(15-8-5-4-6-9-15)24-21(26)23-16-10-11-17-18(14-16)28-13-7-12-27-17/h4-6,8-11,14,19H,7,12-13H2,1-3H3,(H2,23,24,26)/t19-/m1/s1. The van der Waals surface area contributed by atoms with Gasteiger partial charge in [0.1, 0.15) is 5.60 Å². The summed E-state index contributed by atoms with van der Waals surface area (Å²) in [5, 5.41) is 5.44. The molecular formula is C22H26N2O5. The van der Waals surface area contributed by atoms with Gasteiger partial charge in [-0.15, -0.1) is 0 Å². The van der Waals surface area contributed by atoms with Crippen LogP contribution in [-0.4, -0.2) is 30.8 Å². The number of fused-ring (bicyclic) bond motifs is 1. The van der Waals surface area contributed by atoms with Crippen molar-refractivity contribution in [1.29, 1.82) is 0 Å². The number of carbonyl (C=O) groups excluding carboxylic acids is 2. The number of esters is 1. The Labute approximate surface area is 170 Å². The minimum atomic E-state index is -0.934. The first-order valence-corrected chi connectivity index (χ1v) is 9.57. The van der Waals surface area contributed by atoms with Gasteiger partial charge in [0.15, 0.2) is 17.5 Å². The highest BCUT2D eigenvalue weighted by Crippen LogP contribution is 2.32. The Balaban J connectivity index is 1.73. The van der Waals surface area contributed by atoms with Crippen LogP contribution in [0.2, 0.25) is 0 Å². The molecule has 0 radical (unpaired) electrons. The zero-order chi connectivity index (χ0) is 20.9. The molecule has 154 valence electrons. The number of ether oxygens (including phenoxy) is 3. The van der Waals surface area contributed by atoms with Gasteiger partial charge in [-0.3, -0.25) is 0 Å². The SMILES string of the molecule is CC(C)(C)OC(=O)[C@H](NC(=O)Nc1ccc2c(c1)OCCCO2)c1ccccc1. The smallest absolute Gasteiger partial charge is 0.333 e. The van der Waals surface area contributed by atoms with Gasteiger partial charge in [0.05, 0.1) is 13.2 Å². The first-order valence-electron chi connectivity index (χ1n) is 9.57. The van der Waals surface area contributed by atoms with Crippen molar-refractivity contribution >= 4 is 17.7 Å². The van der Waals surface area contributed by atoms with E-state index in [1.54, 1.807) is 63.2 Å². The minimum absolute atomic E-state index is 0.529. The molecule has 1 aliphatic rings. The van der Waals surface area contributed by atoms with Gasteiger partial charge in [-0.1, -0.05) is 30.3 Å². The summed E-state index contributed by atoms with van der Waals surface area (Å²) in [5.74, 6) is 0.689. The third-order valence-electron chi connectivity index (χ3n) is 4.06. The van der Waals surface area contributed by atoms with Crippen molar-refractivity contribution in [2.45, 2.75) is 38.8 Å². The maximum atomic E-state index is 12.7. The Hall–Kier alpha value is -3.22. The third-order valence-corrected chi connectivity index (χ3v) is 4.06. The first-order chi connectivity index (χ1) is 13.8. The summed E-state index contributed by atoms with van der Waals surface area (Å²) in [6, 6.07) is 12.7. The Morgan fingerprint density at radius 3 is 2.38 bits per heavy atom. The van der Waals surface area contributed by atoms with E-state index >= 15 is 0 Å². The van der Waals surface area contributed by atoms with Crippen molar-refractivity contribution in [1.82, 2.24) is 5.32 Å². The maximum absolute atomic E-state index is 12.7. The molecular weight excluding hydrogens is 372 g/mol. The molecule has 2 aromatic carbocycles. The fourth-order valence-corrected chi connectivity index (χ4v) is 2.82. The van der Waals surface area contributed by atoms with Crippen molar-refractivity contribution in [3.8, 4) is 11.5 Å². The van der Waals surface area contributed by atoms with Crippen LogP contribution in [-0.2, 0) is 9.53 Å². The van der Waals surface area contributed by atoms with Crippen molar-refractivity contribution in [2.75, 3.05) is 18.5 Å². The van der Waals surface area contributed by atoms with E-state index in [0.717, 1.165) is 6.42 Å². The molecule has 0 spiro atoms. The van der Waals surface area contributed by atoms with E-state index < -0.39 is 23.6 Å². The van der Waals surface area contributed by atoms with Crippen LogP contribution in [0.1, 0.15) is 38.8 Å². The van der Waals surface area contributed by atoms with E-state index in [9.17, 15) is 9.59 Å². The van der Waals surface area contributed by atoms with Crippen molar-refractivity contribution in [2.24, 2.45) is 0 Å². The summed E-state index contributed by atoms with van der Waals surface area (Å²) in [7, 11) is 0. The number of anilines is 1. The van der Waals surface area contributed by atoms with E-state index in [1.165, 1.54) is 0 Å². The number of amides is 2. The van der Waals surface area contributed by atoms with E-state index in [4.69, 9.17) is 14.2 Å². The van der Waals surface area contributed by atoms with Gasteiger partial charge in [-0.25, -0.2) is 9.59 Å². The summed E-state index contributed by atoms with van der Waals surface area (Å²) in [6.07, 6.45) is 0.798. The number of nitrogens with one attached hydrogen (secondary N) is 2. The fraction of sp³-hybridized carbons (Fsp3) is 0.364. The molecule has 2 aromatic rings. The van der Waals surface area contributed by atoms with Crippen molar-refractivity contribution in [3.05, 3.63) is 54.1 Å². The first kappa shape index (κ1) is 20.5. The molecule has 0 aromatic heterocycles. The summed E-state index contributed by atoms with van der Waals surface area (Å²) < 4.78 is 16.7. The average Bonchev–Trinajstić information content (AvgIpc) is 2.90. The van der Waals surface area contributed by atoms with Crippen LogP contribution in [0.15, 0.2) is 48.5 Å². The molecule has 2 amide bonds. The molecule has 0 unspecified atom stereocenters. The number of benzene rings is 2. The lowest BCUT2D eigenvalue weighted by Gasteiger charge is -2.25. The summed E-state index contributed by atoms with van der Waals surface area (Å²) in [5.41, 5.74) is 0.495. The highest BCUT2D eigenvalue weighted by atomic mass is 16.6. The van der Waals surface area contributed by atoms with Crippen LogP contribution in [0, 0.1) is 0 Å². The molecule has 1 heterocycles. The van der Waals surface area contributed by atoms with Gasteiger partial charge in [-0.2, -0.15) is 0 Å². The second kappa shape index (κ2) is 8.86. The van der Waals surface area contributed by atoms with Gasteiger partial charge in [0.25, 0.3) is 0 Å². The summed E-state index contributed by atoms with van der Waals surface area (Å²) in [4.78, 5) is 25.3. The highest BCUT2D eigenvalue weighted by molar-refractivity contribution is 5.93. The largest absolute Gasteiger partial charge is 0.490 e.